The van der Waals surface area contributed by atoms with Crippen molar-refractivity contribution in [3.8, 4) is 5.75 Å². The number of carbonyl (C=O) groups is 2. The Kier molecular flexibility index (Phi) is 4.72. The number of rotatable bonds is 4. The van der Waals surface area contributed by atoms with E-state index in [1.165, 1.54) is 23.6 Å². The van der Waals surface area contributed by atoms with Crippen LogP contribution in [0.4, 0.5) is 0 Å². The number of pyridine rings is 1. The fourth-order valence-corrected chi connectivity index (χ4v) is 4.06. The van der Waals surface area contributed by atoms with Crippen molar-refractivity contribution in [2.75, 3.05) is 13.1 Å². The maximum atomic E-state index is 12.9. The van der Waals surface area contributed by atoms with Gasteiger partial charge in [0.05, 0.1) is 16.8 Å². The first-order valence-electron chi connectivity index (χ1n) is 8.67. The summed E-state index contributed by atoms with van der Waals surface area (Å²) in [6, 6.07) is 10.9. The van der Waals surface area contributed by atoms with Crippen LogP contribution in [0.25, 0.3) is 10.2 Å². The molecular formula is C19H18N4O3S. The molecule has 1 unspecified atom stereocenters. The van der Waals surface area contributed by atoms with Crippen LogP contribution in [0, 0.1) is 0 Å². The van der Waals surface area contributed by atoms with E-state index in [0.29, 0.717) is 23.8 Å². The minimum atomic E-state index is -0.600. The van der Waals surface area contributed by atoms with Crippen molar-refractivity contribution in [3.63, 3.8) is 0 Å². The zero-order valence-corrected chi connectivity index (χ0v) is 15.3. The number of hydrogen-bond donors (Lipinski definition) is 1. The molecule has 138 valence electrons. The maximum Gasteiger partial charge on any atom is 0.282 e. The lowest BCUT2D eigenvalue weighted by molar-refractivity contribution is 0.0537. The molecule has 0 spiro atoms. The van der Waals surface area contributed by atoms with Gasteiger partial charge in [-0.15, -0.1) is 11.3 Å². The second kappa shape index (κ2) is 7.32. The van der Waals surface area contributed by atoms with Gasteiger partial charge < -0.3 is 15.4 Å². The number of primary amides is 1. The minimum Gasteiger partial charge on any atom is -0.488 e. The lowest BCUT2D eigenvalue weighted by Gasteiger charge is -2.32. The first kappa shape index (κ1) is 17.4. The lowest BCUT2D eigenvalue weighted by Crippen LogP contribution is -2.44. The minimum absolute atomic E-state index is 0.0722. The van der Waals surface area contributed by atoms with Crippen LogP contribution in [0.5, 0.6) is 5.75 Å². The van der Waals surface area contributed by atoms with Gasteiger partial charge in [-0.25, -0.2) is 4.98 Å². The number of para-hydroxylation sites is 1. The molecule has 8 heteroatoms. The van der Waals surface area contributed by atoms with Crippen LogP contribution in [-0.2, 0) is 0 Å². The summed E-state index contributed by atoms with van der Waals surface area (Å²) in [6.07, 6.45) is 3.01. The second-order valence-corrected chi connectivity index (χ2v) is 7.39. The van der Waals surface area contributed by atoms with Crippen LogP contribution in [0.2, 0.25) is 0 Å². The van der Waals surface area contributed by atoms with Gasteiger partial charge in [0.15, 0.2) is 5.01 Å². The molecule has 4 rings (SSSR count). The zero-order chi connectivity index (χ0) is 18.8. The molecule has 3 aromatic rings. The van der Waals surface area contributed by atoms with Crippen LogP contribution in [0.15, 0.2) is 42.6 Å². The summed E-state index contributed by atoms with van der Waals surface area (Å²) in [7, 11) is 0. The van der Waals surface area contributed by atoms with Gasteiger partial charge in [0.2, 0.25) is 0 Å². The van der Waals surface area contributed by atoms with Crippen molar-refractivity contribution >= 4 is 33.4 Å². The Bertz CT molecular complexity index is 970. The van der Waals surface area contributed by atoms with Crippen molar-refractivity contribution in [1.82, 2.24) is 14.9 Å². The average Bonchev–Trinajstić information content (AvgIpc) is 3.12. The number of carbonyl (C=O) groups excluding carboxylic acids is 2. The number of piperidine rings is 1. The van der Waals surface area contributed by atoms with Crippen molar-refractivity contribution in [3.05, 3.63) is 53.3 Å². The number of nitrogens with two attached hydrogens (primary N) is 1. The van der Waals surface area contributed by atoms with E-state index in [4.69, 9.17) is 10.5 Å². The van der Waals surface area contributed by atoms with E-state index >= 15 is 0 Å². The standard InChI is InChI=1S/C19H18N4O3S/c20-17(24)15-10-12(7-8-21-15)26-13-4-3-9-23(11-13)19(25)18-22-14-5-1-2-6-16(14)27-18/h1-2,5-8,10,13H,3-4,9,11H2,(H2,20,24). The van der Waals surface area contributed by atoms with Gasteiger partial charge in [-0.05, 0) is 31.0 Å². The molecule has 1 aromatic carbocycles. The van der Waals surface area contributed by atoms with Gasteiger partial charge in [0.25, 0.3) is 11.8 Å². The fraction of sp³-hybridized carbons (Fsp3) is 0.263. The number of aromatic nitrogens is 2. The summed E-state index contributed by atoms with van der Waals surface area (Å²) in [6.45, 7) is 1.15. The van der Waals surface area contributed by atoms with E-state index in [1.807, 2.05) is 24.3 Å². The Hall–Kier alpha value is -3.00. The third-order valence-electron chi connectivity index (χ3n) is 4.43. The van der Waals surface area contributed by atoms with Crippen molar-refractivity contribution < 1.29 is 14.3 Å². The molecule has 0 aliphatic carbocycles. The van der Waals surface area contributed by atoms with Gasteiger partial charge in [0.1, 0.15) is 17.5 Å². The quantitative estimate of drug-likeness (QED) is 0.747. The van der Waals surface area contributed by atoms with Crippen molar-refractivity contribution in [1.29, 1.82) is 0 Å². The molecule has 1 fully saturated rings. The van der Waals surface area contributed by atoms with Gasteiger partial charge in [-0.3, -0.25) is 14.6 Å². The number of nitrogens with zero attached hydrogens (tertiary/aromatic N) is 3. The molecule has 0 saturated carbocycles. The fourth-order valence-electron chi connectivity index (χ4n) is 3.13. The maximum absolute atomic E-state index is 12.9. The largest absolute Gasteiger partial charge is 0.488 e. The van der Waals surface area contributed by atoms with Gasteiger partial charge in [0, 0.05) is 18.8 Å². The Morgan fingerprint density at radius 2 is 2.11 bits per heavy atom. The van der Waals surface area contributed by atoms with Crippen LogP contribution in [-0.4, -0.2) is 45.9 Å². The summed E-state index contributed by atoms with van der Waals surface area (Å²) < 4.78 is 6.96. The summed E-state index contributed by atoms with van der Waals surface area (Å²) in [5.74, 6) is -0.146. The third kappa shape index (κ3) is 3.75. The zero-order valence-electron chi connectivity index (χ0n) is 14.5. The SMILES string of the molecule is NC(=O)c1cc(OC2CCCN(C(=O)c3nc4ccccc4s3)C2)ccn1. The molecule has 1 aliphatic rings. The number of ether oxygens (including phenoxy) is 1. The van der Waals surface area contributed by atoms with Gasteiger partial charge in [-0.2, -0.15) is 0 Å². The molecular weight excluding hydrogens is 364 g/mol. The number of fused-ring (bicyclic) bond motifs is 1. The van der Waals surface area contributed by atoms with Crippen LogP contribution in [0.1, 0.15) is 33.1 Å². The predicted molar refractivity (Wildman–Crippen MR) is 102 cm³/mol. The molecule has 27 heavy (non-hydrogen) atoms. The smallest absolute Gasteiger partial charge is 0.282 e. The normalized spacial score (nSPS) is 17.0. The average molecular weight is 382 g/mol. The number of hydrogen-bond acceptors (Lipinski definition) is 6. The summed E-state index contributed by atoms with van der Waals surface area (Å²) in [4.78, 5) is 34.3. The third-order valence-corrected chi connectivity index (χ3v) is 5.45. The highest BCUT2D eigenvalue weighted by atomic mass is 32.1. The van der Waals surface area contributed by atoms with Crippen molar-refractivity contribution in [2.45, 2.75) is 18.9 Å². The van der Waals surface area contributed by atoms with Crippen molar-refractivity contribution in [2.24, 2.45) is 5.73 Å². The molecule has 0 radical (unpaired) electrons. The second-order valence-electron chi connectivity index (χ2n) is 6.36. The topological polar surface area (TPSA) is 98.4 Å². The number of thiazole rings is 1. The van der Waals surface area contributed by atoms with E-state index in [-0.39, 0.29) is 17.7 Å². The van der Waals surface area contributed by atoms with Crippen LogP contribution >= 0.6 is 11.3 Å². The molecule has 1 saturated heterocycles. The molecule has 1 aliphatic heterocycles. The monoisotopic (exact) mass is 382 g/mol. The summed E-state index contributed by atoms with van der Waals surface area (Å²) >= 11 is 1.41. The van der Waals surface area contributed by atoms with Gasteiger partial charge >= 0.3 is 0 Å². The highest BCUT2D eigenvalue weighted by molar-refractivity contribution is 7.20. The van der Waals surface area contributed by atoms with E-state index in [1.54, 1.807) is 11.0 Å². The summed E-state index contributed by atoms with van der Waals surface area (Å²) in [5.41, 5.74) is 6.26. The number of benzene rings is 1. The molecule has 0 bridgehead atoms. The molecule has 2 amide bonds. The Balaban J connectivity index is 1.46. The molecule has 1 atom stereocenters. The highest BCUT2D eigenvalue weighted by Gasteiger charge is 2.27. The Morgan fingerprint density at radius 1 is 1.26 bits per heavy atom. The molecule has 3 heterocycles. The summed E-state index contributed by atoms with van der Waals surface area (Å²) in [5, 5.41) is 0.497. The Labute approximate surface area is 159 Å². The van der Waals surface area contributed by atoms with E-state index in [0.717, 1.165) is 23.1 Å². The highest BCUT2D eigenvalue weighted by Crippen LogP contribution is 2.25. The molecule has 2 aromatic heterocycles. The molecule has 7 nitrogen and oxygen atoms in total. The first-order chi connectivity index (χ1) is 13.1. The van der Waals surface area contributed by atoms with Gasteiger partial charge in [-0.1, -0.05) is 12.1 Å². The van der Waals surface area contributed by atoms with Crippen LogP contribution in [0.3, 0.4) is 0 Å². The molecule has 2 N–H and O–H groups in total. The first-order valence-corrected chi connectivity index (χ1v) is 9.49. The lowest BCUT2D eigenvalue weighted by atomic mass is 10.1. The van der Waals surface area contributed by atoms with E-state index < -0.39 is 5.91 Å². The van der Waals surface area contributed by atoms with E-state index in [2.05, 4.69) is 9.97 Å². The number of amides is 2. The van der Waals surface area contributed by atoms with Crippen LogP contribution < -0.4 is 10.5 Å². The Morgan fingerprint density at radius 3 is 2.93 bits per heavy atom. The number of likely N-dealkylation sites (tertiary alicyclic amines) is 1. The van der Waals surface area contributed by atoms with E-state index in [9.17, 15) is 9.59 Å². The predicted octanol–water partition coefficient (Wildman–Crippen LogP) is 2.47.